The largest absolute Gasteiger partial charge is 0.379 e. The SMILES string of the molecule is CO[C@@H]1CN[C@H]1C. The highest BCUT2D eigenvalue weighted by molar-refractivity contribution is 4.84. The summed E-state index contributed by atoms with van der Waals surface area (Å²) in [6, 6.07) is 0.574. The molecule has 1 saturated heterocycles. The van der Waals surface area contributed by atoms with Crippen molar-refractivity contribution in [2.24, 2.45) is 0 Å². The first kappa shape index (κ1) is 5.06. The quantitative estimate of drug-likeness (QED) is 0.501. The van der Waals surface area contributed by atoms with Crippen molar-refractivity contribution in [2.75, 3.05) is 13.7 Å². The minimum absolute atomic E-state index is 0.472. The molecule has 0 unspecified atom stereocenters. The van der Waals surface area contributed by atoms with E-state index in [1.807, 2.05) is 0 Å². The Labute approximate surface area is 43.9 Å². The van der Waals surface area contributed by atoms with Crippen molar-refractivity contribution >= 4 is 0 Å². The molecule has 1 fully saturated rings. The lowest BCUT2D eigenvalue weighted by Crippen LogP contribution is -2.56. The second-order valence-corrected chi connectivity index (χ2v) is 1.97. The molecule has 2 atom stereocenters. The third-order valence-corrected chi connectivity index (χ3v) is 1.50. The molecule has 2 heteroatoms. The van der Waals surface area contributed by atoms with Gasteiger partial charge in [0.25, 0.3) is 0 Å². The molecule has 2 nitrogen and oxygen atoms in total. The van der Waals surface area contributed by atoms with Gasteiger partial charge in [-0.25, -0.2) is 0 Å². The summed E-state index contributed by atoms with van der Waals surface area (Å²) in [7, 11) is 1.75. The average Bonchev–Trinajstić information content (AvgIpc) is 1.65. The van der Waals surface area contributed by atoms with E-state index in [1.54, 1.807) is 7.11 Å². The Morgan fingerprint density at radius 1 is 1.71 bits per heavy atom. The van der Waals surface area contributed by atoms with Gasteiger partial charge in [0.1, 0.15) is 0 Å². The zero-order valence-corrected chi connectivity index (χ0v) is 4.77. The Morgan fingerprint density at radius 3 is 2.43 bits per heavy atom. The van der Waals surface area contributed by atoms with Crippen molar-refractivity contribution in [1.82, 2.24) is 5.32 Å². The van der Waals surface area contributed by atoms with Crippen LogP contribution >= 0.6 is 0 Å². The fourth-order valence-electron chi connectivity index (χ4n) is 0.737. The fourth-order valence-corrected chi connectivity index (χ4v) is 0.737. The molecule has 42 valence electrons. The van der Waals surface area contributed by atoms with E-state index in [-0.39, 0.29) is 0 Å². The van der Waals surface area contributed by atoms with Crippen LogP contribution in [-0.4, -0.2) is 25.8 Å². The molecule has 0 aromatic heterocycles. The summed E-state index contributed by atoms with van der Waals surface area (Å²) >= 11 is 0. The van der Waals surface area contributed by atoms with E-state index >= 15 is 0 Å². The highest BCUT2D eigenvalue weighted by atomic mass is 16.5. The second-order valence-electron chi connectivity index (χ2n) is 1.97. The van der Waals surface area contributed by atoms with E-state index in [1.165, 1.54) is 0 Å². The average molecular weight is 101 g/mol. The summed E-state index contributed by atoms with van der Waals surface area (Å²) < 4.78 is 5.04. The topological polar surface area (TPSA) is 21.3 Å². The molecular formula is C5H11NO. The first-order valence-corrected chi connectivity index (χ1v) is 2.61. The molecule has 0 spiro atoms. The zero-order chi connectivity index (χ0) is 5.28. The molecule has 0 bridgehead atoms. The van der Waals surface area contributed by atoms with Crippen LogP contribution in [0.15, 0.2) is 0 Å². The van der Waals surface area contributed by atoms with Crippen molar-refractivity contribution in [3.63, 3.8) is 0 Å². The second kappa shape index (κ2) is 1.80. The molecule has 1 N–H and O–H groups in total. The summed E-state index contributed by atoms with van der Waals surface area (Å²) in [5.74, 6) is 0. The Morgan fingerprint density at radius 2 is 2.43 bits per heavy atom. The van der Waals surface area contributed by atoms with Crippen molar-refractivity contribution in [3.8, 4) is 0 Å². The number of hydrogen-bond acceptors (Lipinski definition) is 2. The van der Waals surface area contributed by atoms with Crippen LogP contribution in [0, 0.1) is 0 Å². The van der Waals surface area contributed by atoms with Crippen molar-refractivity contribution in [3.05, 3.63) is 0 Å². The molecule has 7 heavy (non-hydrogen) atoms. The Balaban J connectivity index is 2.16. The van der Waals surface area contributed by atoms with Crippen LogP contribution in [0.1, 0.15) is 6.92 Å². The van der Waals surface area contributed by atoms with E-state index in [0.29, 0.717) is 12.1 Å². The van der Waals surface area contributed by atoms with Gasteiger partial charge in [0.2, 0.25) is 0 Å². The van der Waals surface area contributed by atoms with Crippen LogP contribution < -0.4 is 5.32 Å². The standard InChI is InChI=1S/C5H11NO/c1-4-5(7-2)3-6-4/h4-6H,3H2,1-2H3/t4-,5+/m0/s1. The van der Waals surface area contributed by atoms with Crippen molar-refractivity contribution < 1.29 is 4.74 Å². The molecule has 1 aliphatic heterocycles. The van der Waals surface area contributed by atoms with Crippen molar-refractivity contribution in [1.29, 1.82) is 0 Å². The van der Waals surface area contributed by atoms with E-state index in [4.69, 9.17) is 4.74 Å². The maximum Gasteiger partial charge on any atom is 0.0845 e. The van der Waals surface area contributed by atoms with Crippen molar-refractivity contribution in [2.45, 2.75) is 19.1 Å². The van der Waals surface area contributed by atoms with Crippen LogP contribution in [0.2, 0.25) is 0 Å². The van der Waals surface area contributed by atoms with Crippen LogP contribution in [-0.2, 0) is 4.74 Å². The Kier molecular flexibility index (Phi) is 1.30. The van der Waals surface area contributed by atoms with Gasteiger partial charge in [-0.2, -0.15) is 0 Å². The molecule has 0 amide bonds. The lowest BCUT2D eigenvalue weighted by molar-refractivity contribution is 0.0231. The number of methoxy groups -OCH3 is 1. The maximum absolute atomic E-state index is 5.04. The third kappa shape index (κ3) is 0.763. The minimum Gasteiger partial charge on any atom is -0.379 e. The Bertz CT molecular complexity index is 63.1. The number of hydrogen-bond donors (Lipinski definition) is 1. The monoisotopic (exact) mass is 101 g/mol. The number of rotatable bonds is 1. The highest BCUT2D eigenvalue weighted by Gasteiger charge is 2.24. The van der Waals surface area contributed by atoms with Gasteiger partial charge in [0, 0.05) is 19.7 Å². The third-order valence-electron chi connectivity index (χ3n) is 1.50. The smallest absolute Gasteiger partial charge is 0.0845 e. The van der Waals surface area contributed by atoms with Gasteiger partial charge in [-0.15, -0.1) is 0 Å². The summed E-state index contributed by atoms with van der Waals surface area (Å²) in [6.45, 7) is 3.15. The lowest BCUT2D eigenvalue weighted by atomic mass is 10.1. The molecule has 0 radical (unpaired) electrons. The summed E-state index contributed by atoms with van der Waals surface area (Å²) in [5, 5.41) is 3.18. The van der Waals surface area contributed by atoms with E-state index in [2.05, 4.69) is 12.2 Å². The summed E-state index contributed by atoms with van der Waals surface area (Å²) in [5.41, 5.74) is 0. The molecule has 0 aliphatic carbocycles. The molecule has 1 rings (SSSR count). The molecular weight excluding hydrogens is 90.1 g/mol. The molecule has 0 saturated carbocycles. The van der Waals surface area contributed by atoms with Gasteiger partial charge < -0.3 is 10.1 Å². The fraction of sp³-hybridized carbons (Fsp3) is 1.00. The number of nitrogens with one attached hydrogen (secondary N) is 1. The predicted molar refractivity (Wildman–Crippen MR) is 28.3 cm³/mol. The van der Waals surface area contributed by atoms with E-state index in [9.17, 15) is 0 Å². The highest BCUT2D eigenvalue weighted by Crippen LogP contribution is 2.04. The van der Waals surface area contributed by atoms with E-state index < -0.39 is 0 Å². The summed E-state index contributed by atoms with van der Waals surface area (Å²) in [6.07, 6.45) is 0.472. The number of ether oxygens (including phenoxy) is 1. The normalized spacial score (nSPS) is 40.3. The van der Waals surface area contributed by atoms with Gasteiger partial charge >= 0.3 is 0 Å². The zero-order valence-electron chi connectivity index (χ0n) is 4.77. The van der Waals surface area contributed by atoms with Gasteiger partial charge in [-0.3, -0.25) is 0 Å². The maximum atomic E-state index is 5.04. The van der Waals surface area contributed by atoms with E-state index in [0.717, 1.165) is 6.54 Å². The molecule has 0 aromatic rings. The molecule has 1 heterocycles. The van der Waals surface area contributed by atoms with Gasteiger partial charge in [-0.1, -0.05) is 0 Å². The summed E-state index contributed by atoms with van der Waals surface area (Å²) in [4.78, 5) is 0. The predicted octanol–water partition coefficient (Wildman–Crippen LogP) is -0.00690. The van der Waals surface area contributed by atoms with Gasteiger partial charge in [0.05, 0.1) is 6.10 Å². The first-order valence-electron chi connectivity index (χ1n) is 2.61. The minimum atomic E-state index is 0.472. The lowest BCUT2D eigenvalue weighted by Gasteiger charge is -2.33. The molecule has 1 aliphatic rings. The van der Waals surface area contributed by atoms with Crippen LogP contribution in [0.25, 0.3) is 0 Å². The van der Waals surface area contributed by atoms with Gasteiger partial charge in [0.15, 0.2) is 0 Å². The Hall–Kier alpha value is -0.0800. The van der Waals surface area contributed by atoms with Gasteiger partial charge in [-0.05, 0) is 6.92 Å². The van der Waals surface area contributed by atoms with Crippen LogP contribution in [0.5, 0.6) is 0 Å². The van der Waals surface area contributed by atoms with Crippen LogP contribution in [0.3, 0.4) is 0 Å². The van der Waals surface area contributed by atoms with Crippen LogP contribution in [0.4, 0.5) is 0 Å². The molecule has 0 aromatic carbocycles. The first-order chi connectivity index (χ1) is 3.34.